The van der Waals surface area contributed by atoms with Crippen molar-refractivity contribution in [3.63, 3.8) is 0 Å². The normalized spacial score (nSPS) is 16.8. The summed E-state index contributed by atoms with van der Waals surface area (Å²) in [7, 11) is 0. The molecular formula is C9H14N2O. The molecule has 66 valence electrons. The molecule has 1 aliphatic rings. The number of allylic oxidation sites excluding steroid dienone is 2. The number of aldehydes is 1. The predicted octanol–water partition coefficient (Wildman–Crippen LogP) is 0.759. The van der Waals surface area contributed by atoms with Gasteiger partial charge < -0.3 is 10.6 Å². The molecule has 0 aromatic carbocycles. The van der Waals surface area contributed by atoms with Crippen molar-refractivity contribution in [1.29, 1.82) is 0 Å². The summed E-state index contributed by atoms with van der Waals surface area (Å²) in [6, 6.07) is 0. The van der Waals surface area contributed by atoms with Crippen molar-refractivity contribution in [2.75, 3.05) is 6.67 Å². The van der Waals surface area contributed by atoms with Crippen molar-refractivity contribution in [2.24, 2.45) is 5.41 Å². The van der Waals surface area contributed by atoms with Gasteiger partial charge in [-0.25, -0.2) is 0 Å². The molecule has 0 amide bonds. The molecule has 0 radical (unpaired) electrons. The van der Waals surface area contributed by atoms with Crippen molar-refractivity contribution >= 4 is 6.29 Å². The molecule has 0 bridgehead atoms. The van der Waals surface area contributed by atoms with Crippen LogP contribution in [0.2, 0.25) is 0 Å². The second-order valence-corrected chi connectivity index (χ2v) is 3.36. The Morgan fingerprint density at radius 3 is 2.67 bits per heavy atom. The standard InChI is InChI=1S/C9H14N2O/c1-4-9(2,3)8-7(5-12)10-6-11-8/h4-5,10-11H,1,6H2,2-3H3. The van der Waals surface area contributed by atoms with Crippen molar-refractivity contribution in [2.45, 2.75) is 13.8 Å². The molecule has 12 heavy (non-hydrogen) atoms. The first-order chi connectivity index (χ1) is 5.61. The summed E-state index contributed by atoms with van der Waals surface area (Å²) in [6.07, 6.45) is 2.66. The summed E-state index contributed by atoms with van der Waals surface area (Å²) in [6.45, 7) is 8.38. The van der Waals surface area contributed by atoms with Gasteiger partial charge in [-0.2, -0.15) is 0 Å². The van der Waals surface area contributed by atoms with E-state index in [-0.39, 0.29) is 5.41 Å². The Morgan fingerprint density at radius 1 is 1.50 bits per heavy atom. The third-order valence-electron chi connectivity index (χ3n) is 2.09. The van der Waals surface area contributed by atoms with Gasteiger partial charge >= 0.3 is 0 Å². The van der Waals surface area contributed by atoms with Crippen LogP contribution in [0.25, 0.3) is 0 Å². The summed E-state index contributed by atoms with van der Waals surface area (Å²) in [4.78, 5) is 10.6. The summed E-state index contributed by atoms with van der Waals surface area (Å²) < 4.78 is 0. The smallest absolute Gasteiger partial charge is 0.167 e. The van der Waals surface area contributed by atoms with E-state index < -0.39 is 0 Å². The summed E-state index contributed by atoms with van der Waals surface area (Å²) in [5.41, 5.74) is 1.40. The largest absolute Gasteiger partial charge is 0.369 e. The fourth-order valence-electron chi connectivity index (χ4n) is 1.19. The van der Waals surface area contributed by atoms with E-state index in [0.29, 0.717) is 12.4 Å². The van der Waals surface area contributed by atoms with E-state index in [1.165, 1.54) is 0 Å². The lowest BCUT2D eigenvalue weighted by molar-refractivity contribution is -0.105. The maximum absolute atomic E-state index is 10.6. The molecule has 3 heteroatoms. The Morgan fingerprint density at radius 2 is 2.17 bits per heavy atom. The van der Waals surface area contributed by atoms with Gasteiger partial charge in [0.25, 0.3) is 0 Å². The molecule has 2 N–H and O–H groups in total. The van der Waals surface area contributed by atoms with E-state index in [0.717, 1.165) is 12.0 Å². The van der Waals surface area contributed by atoms with E-state index in [2.05, 4.69) is 17.2 Å². The van der Waals surface area contributed by atoms with Crippen molar-refractivity contribution < 1.29 is 4.79 Å². The van der Waals surface area contributed by atoms with Crippen LogP contribution in [0.3, 0.4) is 0 Å². The predicted molar refractivity (Wildman–Crippen MR) is 48.2 cm³/mol. The van der Waals surface area contributed by atoms with Gasteiger partial charge in [0.05, 0.1) is 12.4 Å². The van der Waals surface area contributed by atoms with Gasteiger partial charge in [0.1, 0.15) is 0 Å². The third kappa shape index (κ3) is 1.35. The SMILES string of the molecule is C=CC(C)(C)C1=C(C=O)NCN1. The molecule has 0 aromatic rings. The number of rotatable bonds is 3. The zero-order valence-corrected chi connectivity index (χ0v) is 7.48. The molecule has 0 unspecified atom stereocenters. The first-order valence-electron chi connectivity index (χ1n) is 3.93. The average molecular weight is 166 g/mol. The fourth-order valence-corrected chi connectivity index (χ4v) is 1.19. The summed E-state index contributed by atoms with van der Waals surface area (Å²) >= 11 is 0. The number of carbonyl (C=O) groups excluding carboxylic acids is 1. The van der Waals surface area contributed by atoms with E-state index in [1.54, 1.807) is 0 Å². The van der Waals surface area contributed by atoms with E-state index in [4.69, 9.17) is 0 Å². The van der Waals surface area contributed by atoms with Gasteiger partial charge in [0.15, 0.2) is 6.29 Å². The van der Waals surface area contributed by atoms with E-state index >= 15 is 0 Å². The Labute approximate surface area is 72.5 Å². The van der Waals surface area contributed by atoms with Gasteiger partial charge in [-0.1, -0.05) is 19.9 Å². The highest BCUT2D eigenvalue weighted by molar-refractivity contribution is 5.74. The van der Waals surface area contributed by atoms with Crippen LogP contribution in [-0.4, -0.2) is 13.0 Å². The van der Waals surface area contributed by atoms with Gasteiger partial charge in [-0.15, -0.1) is 6.58 Å². The molecule has 1 rings (SSSR count). The summed E-state index contributed by atoms with van der Waals surface area (Å²) in [5.74, 6) is 0. The molecule has 0 spiro atoms. The highest BCUT2D eigenvalue weighted by atomic mass is 16.1. The molecule has 3 nitrogen and oxygen atoms in total. The highest BCUT2D eigenvalue weighted by Gasteiger charge is 2.25. The van der Waals surface area contributed by atoms with Crippen LogP contribution in [0.5, 0.6) is 0 Å². The lowest BCUT2D eigenvalue weighted by atomic mass is 9.89. The maximum atomic E-state index is 10.6. The number of nitrogens with one attached hydrogen (secondary N) is 2. The lowest BCUT2D eigenvalue weighted by Crippen LogP contribution is -2.22. The second-order valence-electron chi connectivity index (χ2n) is 3.36. The van der Waals surface area contributed by atoms with Crippen LogP contribution < -0.4 is 10.6 Å². The van der Waals surface area contributed by atoms with Gasteiger partial charge in [0.2, 0.25) is 0 Å². The lowest BCUT2D eigenvalue weighted by Gasteiger charge is -2.21. The van der Waals surface area contributed by atoms with Crippen LogP contribution in [-0.2, 0) is 4.79 Å². The van der Waals surface area contributed by atoms with Crippen LogP contribution >= 0.6 is 0 Å². The molecular weight excluding hydrogens is 152 g/mol. The summed E-state index contributed by atoms with van der Waals surface area (Å²) in [5, 5.41) is 6.06. The third-order valence-corrected chi connectivity index (χ3v) is 2.09. The Hall–Kier alpha value is -1.25. The highest BCUT2D eigenvalue weighted by Crippen LogP contribution is 2.27. The Bertz CT molecular complexity index is 241. The molecule has 0 saturated heterocycles. The van der Waals surface area contributed by atoms with E-state index in [9.17, 15) is 4.79 Å². The first-order valence-corrected chi connectivity index (χ1v) is 3.93. The fraction of sp³-hybridized carbons (Fsp3) is 0.444. The minimum Gasteiger partial charge on any atom is -0.369 e. The monoisotopic (exact) mass is 166 g/mol. The molecule has 0 fully saturated rings. The van der Waals surface area contributed by atoms with Gasteiger partial charge in [-0.05, 0) is 0 Å². The second kappa shape index (κ2) is 3.01. The van der Waals surface area contributed by atoms with E-state index in [1.807, 2.05) is 19.9 Å². The minimum absolute atomic E-state index is 0.167. The molecule has 1 aliphatic heterocycles. The average Bonchev–Trinajstić information content (AvgIpc) is 2.52. The molecule has 0 saturated carbocycles. The van der Waals surface area contributed by atoms with Crippen molar-refractivity contribution in [3.05, 3.63) is 24.0 Å². The minimum atomic E-state index is -0.167. The van der Waals surface area contributed by atoms with Crippen LogP contribution in [0.4, 0.5) is 0 Å². The maximum Gasteiger partial charge on any atom is 0.167 e. The Kier molecular flexibility index (Phi) is 2.22. The zero-order valence-electron chi connectivity index (χ0n) is 7.48. The molecule has 0 aliphatic carbocycles. The Balaban J connectivity index is 2.99. The quantitative estimate of drug-likeness (QED) is 0.480. The van der Waals surface area contributed by atoms with Crippen LogP contribution in [0, 0.1) is 5.41 Å². The number of hydrogen-bond acceptors (Lipinski definition) is 3. The van der Waals surface area contributed by atoms with Gasteiger partial charge in [0, 0.05) is 11.1 Å². The topological polar surface area (TPSA) is 41.1 Å². The van der Waals surface area contributed by atoms with Crippen molar-refractivity contribution in [1.82, 2.24) is 10.6 Å². The zero-order chi connectivity index (χ0) is 9.19. The molecule has 1 heterocycles. The number of carbonyl (C=O) groups is 1. The van der Waals surface area contributed by atoms with Gasteiger partial charge in [-0.3, -0.25) is 4.79 Å². The molecule has 0 aromatic heterocycles. The first kappa shape index (κ1) is 8.84. The van der Waals surface area contributed by atoms with Crippen LogP contribution in [0.1, 0.15) is 13.8 Å². The van der Waals surface area contributed by atoms with Crippen molar-refractivity contribution in [3.8, 4) is 0 Å². The van der Waals surface area contributed by atoms with Crippen LogP contribution in [0.15, 0.2) is 24.0 Å². The number of hydrogen-bond donors (Lipinski definition) is 2. The molecule has 0 atom stereocenters.